The van der Waals surface area contributed by atoms with E-state index in [0.717, 1.165) is 22.3 Å². The highest BCUT2D eigenvalue weighted by Crippen LogP contribution is 2.32. The Labute approximate surface area is 235 Å². The third-order valence-corrected chi connectivity index (χ3v) is 7.14. The maximum absolute atomic E-state index is 11.4. The fraction of sp³-hybridized carbons (Fsp3) is 0.294. The van der Waals surface area contributed by atoms with E-state index >= 15 is 0 Å². The Morgan fingerprint density at radius 2 is 0.575 bits per heavy atom. The van der Waals surface area contributed by atoms with E-state index < -0.39 is 36.6 Å². The van der Waals surface area contributed by atoms with Crippen molar-refractivity contribution in [3.05, 3.63) is 144 Å². The van der Waals surface area contributed by atoms with Crippen LogP contribution in [0.2, 0.25) is 0 Å². The molecule has 0 aromatic heterocycles. The van der Waals surface area contributed by atoms with Crippen molar-refractivity contribution in [1.29, 1.82) is 0 Å². The molecular weight excluding hydrogens is 504 g/mol. The predicted molar refractivity (Wildman–Crippen MR) is 152 cm³/mol. The first-order valence-corrected chi connectivity index (χ1v) is 13.7. The van der Waals surface area contributed by atoms with Crippen LogP contribution in [0.5, 0.6) is 0 Å². The summed E-state index contributed by atoms with van der Waals surface area (Å²) in [7, 11) is 0. The largest absolute Gasteiger partial charge is 0.387 e. The molecule has 6 heteroatoms. The zero-order valence-corrected chi connectivity index (χ0v) is 22.4. The lowest BCUT2D eigenvalue weighted by Crippen LogP contribution is -2.66. The first-order chi connectivity index (χ1) is 19.7. The highest BCUT2D eigenvalue weighted by molar-refractivity contribution is 5.17. The average molecular weight is 541 g/mol. The minimum atomic E-state index is -1.25. The lowest BCUT2D eigenvalue weighted by molar-refractivity contribution is -0.273. The van der Waals surface area contributed by atoms with Crippen LogP contribution in [0.15, 0.2) is 121 Å². The van der Waals surface area contributed by atoms with Crippen molar-refractivity contribution in [2.45, 2.75) is 63.1 Å². The fourth-order valence-corrected chi connectivity index (χ4v) is 4.98. The monoisotopic (exact) mass is 540 g/mol. The van der Waals surface area contributed by atoms with Gasteiger partial charge in [0.25, 0.3) is 0 Å². The molecule has 5 rings (SSSR count). The molecule has 1 aliphatic rings. The van der Waals surface area contributed by atoms with Crippen molar-refractivity contribution >= 4 is 0 Å². The van der Waals surface area contributed by atoms with Gasteiger partial charge < -0.3 is 29.2 Å². The number of benzene rings is 4. The van der Waals surface area contributed by atoms with Crippen LogP contribution in [-0.2, 0) is 45.4 Å². The fourth-order valence-electron chi connectivity index (χ4n) is 4.98. The second kappa shape index (κ2) is 14.3. The Kier molecular flexibility index (Phi) is 10.1. The van der Waals surface area contributed by atoms with Crippen molar-refractivity contribution < 1.29 is 29.2 Å². The van der Waals surface area contributed by atoms with Crippen molar-refractivity contribution in [3.63, 3.8) is 0 Å². The van der Waals surface area contributed by atoms with E-state index in [0.29, 0.717) is 0 Å². The summed E-state index contributed by atoms with van der Waals surface area (Å²) >= 11 is 0. The summed E-state index contributed by atoms with van der Waals surface area (Å²) in [5, 5.41) is 22.7. The van der Waals surface area contributed by atoms with Crippen molar-refractivity contribution in [2.24, 2.45) is 0 Å². The molecule has 0 unspecified atom stereocenters. The van der Waals surface area contributed by atoms with E-state index in [9.17, 15) is 10.2 Å². The second-order valence-electron chi connectivity index (χ2n) is 10.0. The molecule has 0 aliphatic heterocycles. The van der Waals surface area contributed by atoms with Crippen LogP contribution in [0.3, 0.4) is 0 Å². The number of hydrogen-bond acceptors (Lipinski definition) is 6. The van der Waals surface area contributed by atoms with Gasteiger partial charge in [0, 0.05) is 0 Å². The van der Waals surface area contributed by atoms with Crippen molar-refractivity contribution in [1.82, 2.24) is 0 Å². The first kappa shape index (κ1) is 28.2. The number of aliphatic hydroxyl groups is 2. The van der Waals surface area contributed by atoms with E-state index in [4.69, 9.17) is 18.9 Å². The molecule has 0 radical (unpaired) electrons. The summed E-state index contributed by atoms with van der Waals surface area (Å²) in [6, 6.07) is 39.1. The zero-order chi connectivity index (χ0) is 27.6. The molecule has 6 atom stereocenters. The van der Waals surface area contributed by atoms with Crippen LogP contribution < -0.4 is 0 Å². The van der Waals surface area contributed by atoms with Gasteiger partial charge in [0.2, 0.25) is 0 Å². The van der Waals surface area contributed by atoms with Gasteiger partial charge in [-0.15, -0.1) is 0 Å². The number of rotatable bonds is 12. The van der Waals surface area contributed by atoms with Gasteiger partial charge >= 0.3 is 0 Å². The number of ether oxygens (including phenoxy) is 4. The van der Waals surface area contributed by atoms with Crippen LogP contribution in [0, 0.1) is 0 Å². The third-order valence-electron chi connectivity index (χ3n) is 7.14. The maximum Gasteiger partial charge on any atom is 0.116 e. The highest BCUT2D eigenvalue weighted by atomic mass is 16.6. The van der Waals surface area contributed by atoms with E-state index in [2.05, 4.69) is 0 Å². The number of hydrogen-bond donors (Lipinski definition) is 2. The van der Waals surface area contributed by atoms with Gasteiger partial charge in [0.15, 0.2) is 0 Å². The molecule has 40 heavy (non-hydrogen) atoms. The van der Waals surface area contributed by atoms with Gasteiger partial charge in [-0.05, 0) is 22.3 Å². The first-order valence-electron chi connectivity index (χ1n) is 13.7. The summed E-state index contributed by atoms with van der Waals surface area (Å²) < 4.78 is 25.5. The summed E-state index contributed by atoms with van der Waals surface area (Å²) in [6.45, 7) is 1.08. The van der Waals surface area contributed by atoms with Crippen molar-refractivity contribution in [2.75, 3.05) is 0 Å². The van der Waals surface area contributed by atoms with Gasteiger partial charge in [-0.2, -0.15) is 0 Å². The highest BCUT2D eigenvalue weighted by Gasteiger charge is 2.52. The standard InChI is InChI=1S/C34H36O6/c35-29-30(36)32(38-22-26-15-7-2-8-16-26)34(40-24-28-19-11-4-12-20-28)33(39-23-27-17-9-3-10-18-27)31(29)37-21-25-13-5-1-6-14-25/h1-20,29-36H,21-24H2/t29-,30-,31-,32-,33-,34+/m1/s1. The van der Waals surface area contributed by atoms with Gasteiger partial charge in [0.1, 0.15) is 36.6 Å². The van der Waals surface area contributed by atoms with Gasteiger partial charge in [-0.3, -0.25) is 0 Å². The summed E-state index contributed by atoms with van der Waals surface area (Å²) in [5.74, 6) is 0. The lowest BCUT2D eigenvalue weighted by Gasteiger charge is -2.47. The molecule has 1 aliphatic carbocycles. The van der Waals surface area contributed by atoms with Crippen LogP contribution in [-0.4, -0.2) is 46.8 Å². The Balaban J connectivity index is 1.42. The van der Waals surface area contributed by atoms with E-state index in [1.165, 1.54) is 0 Å². The topological polar surface area (TPSA) is 77.4 Å². The van der Waals surface area contributed by atoms with Crippen LogP contribution in [0.1, 0.15) is 22.3 Å². The van der Waals surface area contributed by atoms with E-state index in [-0.39, 0.29) is 26.4 Å². The zero-order valence-electron chi connectivity index (χ0n) is 22.4. The van der Waals surface area contributed by atoms with Gasteiger partial charge in [-0.25, -0.2) is 0 Å². The molecule has 0 bridgehead atoms. The molecule has 0 saturated heterocycles. The summed E-state index contributed by atoms with van der Waals surface area (Å²) in [5.41, 5.74) is 3.87. The molecule has 4 aromatic carbocycles. The average Bonchev–Trinajstić information content (AvgIpc) is 3.01. The molecule has 1 saturated carbocycles. The smallest absolute Gasteiger partial charge is 0.116 e. The third kappa shape index (κ3) is 7.43. The number of aliphatic hydroxyl groups excluding tert-OH is 2. The van der Waals surface area contributed by atoms with E-state index in [1.807, 2.05) is 121 Å². The molecule has 4 aromatic rings. The Morgan fingerprint density at radius 3 is 0.825 bits per heavy atom. The van der Waals surface area contributed by atoms with Gasteiger partial charge in [-0.1, -0.05) is 121 Å². The Morgan fingerprint density at radius 1 is 0.350 bits per heavy atom. The van der Waals surface area contributed by atoms with Crippen molar-refractivity contribution in [3.8, 4) is 0 Å². The quantitative estimate of drug-likeness (QED) is 0.262. The Hall–Kier alpha value is -3.36. The second-order valence-corrected chi connectivity index (χ2v) is 10.0. The predicted octanol–water partition coefficient (Wildman–Crippen LogP) is 5.06. The minimum absolute atomic E-state index is 0.251. The maximum atomic E-state index is 11.4. The van der Waals surface area contributed by atoms with Gasteiger partial charge in [0.05, 0.1) is 26.4 Å². The molecule has 208 valence electrons. The Bertz CT molecular complexity index is 1150. The molecule has 0 amide bonds. The van der Waals surface area contributed by atoms with E-state index in [1.54, 1.807) is 0 Å². The molecule has 6 nitrogen and oxygen atoms in total. The van der Waals surface area contributed by atoms with Crippen LogP contribution in [0.25, 0.3) is 0 Å². The summed E-state index contributed by atoms with van der Waals surface area (Å²) in [4.78, 5) is 0. The molecule has 2 N–H and O–H groups in total. The SMILES string of the molecule is O[C@@H]1[C@@H](O)[C@@H](OCc2ccccc2)[C@@H](OCc2ccccc2)[C@@H](OCc2ccccc2)[C@@H]1OCc1ccccc1. The minimum Gasteiger partial charge on any atom is -0.387 e. The lowest BCUT2D eigenvalue weighted by atomic mass is 9.84. The molecule has 1 fully saturated rings. The summed E-state index contributed by atoms with van der Waals surface area (Å²) in [6.07, 6.45) is -5.63. The molecule has 0 heterocycles. The van der Waals surface area contributed by atoms with Crippen LogP contribution >= 0.6 is 0 Å². The molecule has 0 spiro atoms. The molecular formula is C34H36O6. The van der Waals surface area contributed by atoms with Crippen LogP contribution in [0.4, 0.5) is 0 Å². The normalized spacial score (nSPS) is 24.6.